The minimum atomic E-state index is -3.95. The summed E-state index contributed by atoms with van der Waals surface area (Å²) in [4.78, 5) is 11.8. The zero-order valence-corrected chi connectivity index (χ0v) is 14.3. The van der Waals surface area contributed by atoms with Gasteiger partial charge in [-0.05, 0) is 40.4 Å². The van der Waals surface area contributed by atoms with Crippen LogP contribution in [0.4, 0.5) is 0 Å². The van der Waals surface area contributed by atoms with Gasteiger partial charge < -0.3 is 4.74 Å². The Kier molecular flexibility index (Phi) is 5.29. The van der Waals surface area contributed by atoms with Crippen LogP contribution < -0.4 is 5.14 Å². The molecule has 0 spiro atoms. The molecule has 0 amide bonds. The van der Waals surface area contributed by atoms with Crippen LogP contribution in [0.3, 0.4) is 0 Å². The first-order valence-electron chi connectivity index (χ1n) is 6.48. The molecule has 0 heterocycles. The van der Waals surface area contributed by atoms with Gasteiger partial charge in [-0.25, -0.2) is 18.4 Å². The number of hydrogen-bond donors (Lipinski definition) is 1. The summed E-state index contributed by atoms with van der Waals surface area (Å²) in [6.07, 6.45) is 4.40. The van der Waals surface area contributed by atoms with Crippen molar-refractivity contribution in [3.63, 3.8) is 0 Å². The maximum Gasteiger partial charge on any atom is 0.339 e. The van der Waals surface area contributed by atoms with Gasteiger partial charge in [0.05, 0.1) is 22.1 Å². The van der Waals surface area contributed by atoms with Crippen molar-refractivity contribution in [1.82, 2.24) is 0 Å². The van der Waals surface area contributed by atoms with Gasteiger partial charge in [-0.3, -0.25) is 0 Å². The number of esters is 1. The van der Waals surface area contributed by atoms with Crippen molar-refractivity contribution in [2.45, 2.75) is 30.6 Å². The minimum Gasteiger partial charge on any atom is -0.462 e. The van der Waals surface area contributed by atoms with Crippen LogP contribution in [0.5, 0.6) is 0 Å². The van der Waals surface area contributed by atoms with E-state index in [1.165, 1.54) is 25.3 Å². The second-order valence-corrected chi connectivity index (χ2v) is 7.82. The standard InChI is InChI=1S/C13H15BrClNO4S/c14-10-7-11(15)9(6-12(10)21(16,18)19)13(17)20-5-4-8-2-1-3-8/h6-8H,1-5H2,(H2,16,18,19). The highest BCUT2D eigenvalue weighted by molar-refractivity contribution is 9.10. The Balaban J connectivity index is 2.12. The Bertz CT molecular complexity index is 658. The number of nitrogens with two attached hydrogens (primary N) is 1. The number of rotatable bonds is 5. The molecule has 0 atom stereocenters. The van der Waals surface area contributed by atoms with E-state index >= 15 is 0 Å². The molecule has 2 rings (SSSR count). The topological polar surface area (TPSA) is 86.5 Å². The zero-order chi connectivity index (χ0) is 15.6. The molecule has 8 heteroatoms. The van der Waals surface area contributed by atoms with E-state index in [-0.39, 0.29) is 20.0 Å². The lowest BCUT2D eigenvalue weighted by Crippen LogP contribution is -2.17. The molecule has 21 heavy (non-hydrogen) atoms. The number of hydrogen-bond acceptors (Lipinski definition) is 4. The van der Waals surface area contributed by atoms with Gasteiger partial charge in [0, 0.05) is 4.47 Å². The normalized spacial score (nSPS) is 15.6. The molecule has 116 valence electrons. The SMILES string of the molecule is NS(=O)(=O)c1cc(C(=O)OCCC2CCC2)c(Cl)cc1Br. The van der Waals surface area contributed by atoms with Crippen LogP contribution in [0.2, 0.25) is 5.02 Å². The van der Waals surface area contributed by atoms with E-state index in [0.717, 1.165) is 12.5 Å². The predicted molar refractivity (Wildman–Crippen MR) is 82.8 cm³/mol. The highest BCUT2D eigenvalue weighted by Crippen LogP contribution is 2.30. The molecule has 1 fully saturated rings. The van der Waals surface area contributed by atoms with Gasteiger partial charge in [-0.15, -0.1) is 0 Å². The Morgan fingerprint density at radius 1 is 1.43 bits per heavy atom. The van der Waals surface area contributed by atoms with E-state index in [9.17, 15) is 13.2 Å². The third kappa shape index (κ3) is 4.18. The van der Waals surface area contributed by atoms with Crippen LogP contribution in [0, 0.1) is 5.92 Å². The second-order valence-electron chi connectivity index (χ2n) is 5.03. The lowest BCUT2D eigenvalue weighted by Gasteiger charge is -2.24. The predicted octanol–water partition coefficient (Wildman–Crippen LogP) is 3.10. The fourth-order valence-corrected chi connectivity index (χ4v) is 4.09. The van der Waals surface area contributed by atoms with Crippen molar-refractivity contribution in [2.24, 2.45) is 11.1 Å². The first-order valence-corrected chi connectivity index (χ1v) is 9.19. The first kappa shape index (κ1) is 16.7. The molecular weight excluding hydrogens is 382 g/mol. The molecule has 0 aliphatic heterocycles. The molecule has 0 unspecified atom stereocenters. The first-order chi connectivity index (χ1) is 9.79. The molecule has 1 aliphatic rings. The van der Waals surface area contributed by atoms with Gasteiger partial charge in [-0.1, -0.05) is 30.9 Å². The summed E-state index contributed by atoms with van der Waals surface area (Å²) in [5, 5.41) is 5.20. The van der Waals surface area contributed by atoms with E-state index in [1.54, 1.807) is 0 Å². The Morgan fingerprint density at radius 2 is 2.10 bits per heavy atom. The highest BCUT2D eigenvalue weighted by Gasteiger charge is 2.21. The van der Waals surface area contributed by atoms with Crippen LogP contribution in [0.1, 0.15) is 36.0 Å². The summed E-state index contributed by atoms with van der Waals surface area (Å²) in [6.45, 7) is 0.306. The number of ether oxygens (including phenoxy) is 1. The van der Waals surface area contributed by atoms with Crippen molar-refractivity contribution < 1.29 is 17.9 Å². The van der Waals surface area contributed by atoms with Crippen LogP contribution in [-0.4, -0.2) is 21.0 Å². The molecule has 1 aliphatic carbocycles. The van der Waals surface area contributed by atoms with Gasteiger partial charge in [-0.2, -0.15) is 0 Å². The number of carbonyl (C=O) groups excluding carboxylic acids is 1. The largest absolute Gasteiger partial charge is 0.462 e. The van der Waals surface area contributed by atoms with Gasteiger partial charge >= 0.3 is 5.97 Å². The van der Waals surface area contributed by atoms with E-state index in [0.29, 0.717) is 12.5 Å². The van der Waals surface area contributed by atoms with E-state index < -0.39 is 16.0 Å². The molecule has 1 aromatic carbocycles. The van der Waals surface area contributed by atoms with Gasteiger partial charge in [0.15, 0.2) is 0 Å². The van der Waals surface area contributed by atoms with Crippen LogP contribution >= 0.6 is 27.5 Å². The molecule has 2 N–H and O–H groups in total. The molecule has 0 radical (unpaired) electrons. The maximum absolute atomic E-state index is 12.0. The molecule has 0 saturated heterocycles. The molecule has 0 bridgehead atoms. The van der Waals surface area contributed by atoms with E-state index in [4.69, 9.17) is 21.5 Å². The van der Waals surface area contributed by atoms with Crippen LogP contribution in [0.25, 0.3) is 0 Å². The molecule has 1 saturated carbocycles. The third-order valence-corrected chi connectivity index (χ3v) is 5.71. The quantitative estimate of drug-likeness (QED) is 0.775. The summed E-state index contributed by atoms with van der Waals surface area (Å²) in [5.74, 6) is -0.0186. The van der Waals surface area contributed by atoms with E-state index in [2.05, 4.69) is 15.9 Å². The average Bonchev–Trinajstić information content (AvgIpc) is 2.30. The Labute approximate surface area is 137 Å². The van der Waals surface area contributed by atoms with Crippen molar-refractivity contribution in [1.29, 1.82) is 0 Å². The number of sulfonamides is 1. The average molecular weight is 397 g/mol. The van der Waals surface area contributed by atoms with Crippen molar-refractivity contribution >= 4 is 43.5 Å². The third-order valence-electron chi connectivity index (χ3n) is 3.53. The second kappa shape index (κ2) is 6.64. The van der Waals surface area contributed by atoms with Gasteiger partial charge in [0.2, 0.25) is 10.0 Å². The Hall–Kier alpha value is -0.630. The lowest BCUT2D eigenvalue weighted by atomic mass is 9.83. The fraction of sp³-hybridized carbons (Fsp3) is 0.462. The number of benzene rings is 1. The monoisotopic (exact) mass is 395 g/mol. The summed E-state index contributed by atoms with van der Waals surface area (Å²) in [5.41, 5.74) is -0.00231. The fourth-order valence-electron chi connectivity index (χ4n) is 2.08. The molecule has 5 nitrogen and oxygen atoms in total. The smallest absolute Gasteiger partial charge is 0.339 e. The van der Waals surface area contributed by atoms with Gasteiger partial charge in [0.1, 0.15) is 0 Å². The number of primary sulfonamides is 1. The zero-order valence-electron chi connectivity index (χ0n) is 11.1. The highest BCUT2D eigenvalue weighted by atomic mass is 79.9. The summed E-state index contributed by atoms with van der Waals surface area (Å²) < 4.78 is 28.2. The summed E-state index contributed by atoms with van der Waals surface area (Å²) in [6, 6.07) is 2.46. The van der Waals surface area contributed by atoms with Crippen molar-refractivity contribution in [2.75, 3.05) is 6.61 Å². The number of halogens is 2. The Morgan fingerprint density at radius 3 is 2.62 bits per heavy atom. The number of carbonyl (C=O) groups is 1. The molecular formula is C13H15BrClNO4S. The summed E-state index contributed by atoms with van der Waals surface area (Å²) >= 11 is 9.02. The van der Waals surface area contributed by atoms with Crippen molar-refractivity contribution in [3.05, 3.63) is 27.2 Å². The van der Waals surface area contributed by atoms with Crippen LogP contribution in [0.15, 0.2) is 21.5 Å². The maximum atomic E-state index is 12.0. The van der Waals surface area contributed by atoms with Crippen molar-refractivity contribution in [3.8, 4) is 0 Å². The van der Waals surface area contributed by atoms with Gasteiger partial charge in [0.25, 0.3) is 0 Å². The minimum absolute atomic E-state index is 0.00231. The molecule has 1 aromatic rings. The summed E-state index contributed by atoms with van der Waals surface area (Å²) in [7, 11) is -3.95. The van der Waals surface area contributed by atoms with E-state index in [1.807, 2.05) is 0 Å². The lowest BCUT2D eigenvalue weighted by molar-refractivity contribution is 0.0464. The van der Waals surface area contributed by atoms with Crippen LogP contribution in [-0.2, 0) is 14.8 Å². The molecule has 0 aromatic heterocycles.